The van der Waals surface area contributed by atoms with Gasteiger partial charge in [0, 0.05) is 30.8 Å². The van der Waals surface area contributed by atoms with Gasteiger partial charge in [0.25, 0.3) is 15.7 Å². The summed E-state index contributed by atoms with van der Waals surface area (Å²) >= 11 is 0. The second-order valence-electron chi connectivity index (χ2n) is 9.91. The molecule has 0 spiro atoms. The minimum absolute atomic E-state index is 0.0147. The van der Waals surface area contributed by atoms with E-state index in [9.17, 15) is 18.5 Å². The Balaban J connectivity index is 2.73. The van der Waals surface area contributed by atoms with Gasteiger partial charge in [-0.1, -0.05) is 47.6 Å². The van der Waals surface area contributed by atoms with Crippen molar-refractivity contribution < 1.29 is 13.3 Å². The maximum atomic E-state index is 13.4. The fourth-order valence-electron chi connectivity index (χ4n) is 6.11. The molecule has 9 heteroatoms. The molecule has 0 bridgehead atoms. The molecule has 2 rings (SSSR count). The van der Waals surface area contributed by atoms with E-state index in [0.717, 1.165) is 25.9 Å². The molecule has 1 unspecified atom stereocenters. The molecule has 184 valence electrons. The van der Waals surface area contributed by atoms with Crippen LogP contribution in [0.5, 0.6) is 0 Å². The minimum atomic E-state index is -4.03. The highest BCUT2D eigenvalue weighted by Crippen LogP contribution is 2.52. The minimum Gasteiger partial charge on any atom is -0.359 e. The highest BCUT2D eigenvalue weighted by Gasteiger charge is 2.51. The Kier molecular flexibility index (Phi) is 9.04. The lowest BCUT2D eigenvalue weighted by Crippen LogP contribution is -2.54. The van der Waals surface area contributed by atoms with E-state index in [1.807, 2.05) is 6.08 Å². The summed E-state index contributed by atoms with van der Waals surface area (Å²) in [5, 5.41) is 11.0. The number of non-ortho nitro benzene ring substituents is 1. The molecule has 0 saturated carbocycles. The molecule has 0 radical (unpaired) electrons. The molecule has 1 saturated heterocycles. The standard InChI is InChI=1S/C24H39N3O4SSi/c1-8-11-23(33(18(2)3,19(4)5)20(6)7)24(26-16-9-10-17-26)25-32(30,31)22-14-12-21(13-15-22)27(28)29/h8,12-15,18-20,23H,1,9-11,16-17H2,2-7H3/b25-24-. The van der Waals surface area contributed by atoms with Crippen molar-refractivity contribution in [2.45, 2.75) is 87.9 Å². The smallest absolute Gasteiger partial charge is 0.283 e. The van der Waals surface area contributed by atoms with Crippen molar-refractivity contribution in [2.24, 2.45) is 4.40 Å². The van der Waals surface area contributed by atoms with Crippen molar-refractivity contribution in [3.8, 4) is 0 Å². The lowest BCUT2D eigenvalue weighted by Gasteiger charge is -2.50. The third-order valence-electron chi connectivity index (χ3n) is 7.31. The quantitative estimate of drug-likeness (QED) is 0.0938. The second-order valence-corrected chi connectivity index (χ2v) is 17.7. The molecule has 7 nitrogen and oxygen atoms in total. The van der Waals surface area contributed by atoms with Gasteiger partial charge >= 0.3 is 0 Å². The summed E-state index contributed by atoms with van der Waals surface area (Å²) in [6, 6.07) is 4.99. The van der Waals surface area contributed by atoms with E-state index in [2.05, 4.69) is 57.4 Å². The summed E-state index contributed by atoms with van der Waals surface area (Å²) in [5.41, 5.74) is 1.15. The van der Waals surface area contributed by atoms with Crippen molar-refractivity contribution in [1.29, 1.82) is 0 Å². The van der Waals surface area contributed by atoms with Gasteiger partial charge in [-0.2, -0.15) is 8.42 Å². The highest BCUT2D eigenvalue weighted by atomic mass is 32.2. The van der Waals surface area contributed by atoms with Gasteiger partial charge < -0.3 is 4.90 Å². The first-order valence-electron chi connectivity index (χ1n) is 11.8. The number of rotatable bonds is 10. The lowest BCUT2D eigenvalue weighted by molar-refractivity contribution is -0.384. The van der Waals surface area contributed by atoms with E-state index in [1.165, 1.54) is 24.3 Å². The Morgan fingerprint density at radius 2 is 1.58 bits per heavy atom. The number of nitro benzene ring substituents is 1. The summed E-state index contributed by atoms with van der Waals surface area (Å²) in [6.45, 7) is 19.2. The SMILES string of the molecule is C=CCC(/C(=N/S(=O)(=O)c1ccc([N+](=O)[O-])cc1)N1CCCC1)[Si](C(C)C)(C(C)C)C(C)C. The molecule has 33 heavy (non-hydrogen) atoms. The first-order chi connectivity index (χ1) is 15.4. The number of benzene rings is 1. The van der Waals surface area contributed by atoms with Crippen molar-refractivity contribution in [2.75, 3.05) is 13.1 Å². The molecule has 1 aliphatic heterocycles. The van der Waals surface area contributed by atoms with Crippen molar-refractivity contribution in [3.05, 3.63) is 47.0 Å². The van der Waals surface area contributed by atoms with Crippen molar-refractivity contribution in [1.82, 2.24) is 4.90 Å². The van der Waals surface area contributed by atoms with E-state index in [-0.39, 0.29) is 16.1 Å². The fraction of sp³-hybridized carbons (Fsp3) is 0.625. The van der Waals surface area contributed by atoms with Crippen LogP contribution < -0.4 is 0 Å². The Morgan fingerprint density at radius 3 is 1.97 bits per heavy atom. The van der Waals surface area contributed by atoms with E-state index in [1.54, 1.807) is 0 Å². The number of nitro groups is 1. The number of likely N-dealkylation sites (tertiary alicyclic amines) is 1. The third-order valence-corrected chi connectivity index (χ3v) is 16.3. The zero-order chi connectivity index (χ0) is 25.0. The van der Waals surface area contributed by atoms with Gasteiger partial charge in [0.1, 0.15) is 5.84 Å². The molecule has 1 aromatic rings. The van der Waals surface area contributed by atoms with Gasteiger partial charge in [-0.25, -0.2) is 0 Å². The topological polar surface area (TPSA) is 92.9 Å². The van der Waals surface area contributed by atoms with Gasteiger partial charge in [0.15, 0.2) is 0 Å². The van der Waals surface area contributed by atoms with Crippen LogP contribution in [0.3, 0.4) is 0 Å². The summed E-state index contributed by atoms with van der Waals surface area (Å²) < 4.78 is 31.4. The summed E-state index contributed by atoms with van der Waals surface area (Å²) in [4.78, 5) is 12.6. The summed E-state index contributed by atoms with van der Waals surface area (Å²) in [7, 11) is -6.16. The third kappa shape index (κ3) is 5.57. The number of hydrogen-bond donors (Lipinski definition) is 0. The van der Waals surface area contributed by atoms with Crippen LogP contribution in [0.1, 0.15) is 60.8 Å². The van der Waals surface area contributed by atoms with Crippen LogP contribution in [0, 0.1) is 10.1 Å². The number of allylic oxidation sites excluding steroid dienone is 1. The maximum Gasteiger partial charge on any atom is 0.283 e. The van der Waals surface area contributed by atoms with Crippen molar-refractivity contribution in [3.63, 3.8) is 0 Å². The molecule has 1 heterocycles. The van der Waals surface area contributed by atoms with E-state index >= 15 is 0 Å². The van der Waals surface area contributed by atoms with E-state index < -0.39 is 23.0 Å². The predicted molar refractivity (Wildman–Crippen MR) is 138 cm³/mol. The summed E-state index contributed by atoms with van der Waals surface area (Å²) in [6.07, 6.45) is 4.61. The monoisotopic (exact) mass is 493 g/mol. The highest BCUT2D eigenvalue weighted by molar-refractivity contribution is 7.90. The largest absolute Gasteiger partial charge is 0.359 e. The summed E-state index contributed by atoms with van der Waals surface area (Å²) in [5.74, 6) is 0.661. The molecule has 0 aliphatic carbocycles. The van der Waals surface area contributed by atoms with Gasteiger partial charge in [-0.05, 0) is 48.0 Å². The van der Waals surface area contributed by atoms with Crippen LogP contribution in [-0.4, -0.2) is 45.2 Å². The molecular weight excluding hydrogens is 454 g/mol. The molecule has 1 atom stereocenters. The van der Waals surface area contributed by atoms with Crippen LogP contribution in [0.25, 0.3) is 0 Å². The van der Waals surface area contributed by atoms with Gasteiger partial charge in [-0.3, -0.25) is 10.1 Å². The number of hydrogen-bond acceptors (Lipinski definition) is 4. The van der Waals surface area contributed by atoms with E-state index in [4.69, 9.17) is 0 Å². The zero-order valence-corrected chi connectivity index (χ0v) is 22.6. The van der Waals surface area contributed by atoms with E-state index in [0.29, 0.717) is 28.9 Å². The van der Waals surface area contributed by atoms with Crippen LogP contribution in [0.4, 0.5) is 5.69 Å². The molecule has 0 aromatic heterocycles. The zero-order valence-electron chi connectivity index (χ0n) is 20.8. The molecule has 1 aliphatic rings. The number of nitrogens with zero attached hydrogens (tertiary/aromatic N) is 3. The average molecular weight is 494 g/mol. The average Bonchev–Trinajstić information content (AvgIpc) is 3.26. The molecular formula is C24H39N3O4SSi. The normalized spacial score (nSPS) is 16.6. The predicted octanol–water partition coefficient (Wildman–Crippen LogP) is 6.40. The van der Waals surface area contributed by atoms with Crippen LogP contribution in [-0.2, 0) is 10.0 Å². The molecule has 0 N–H and O–H groups in total. The Labute approximate surface area is 200 Å². The van der Waals surface area contributed by atoms with Crippen LogP contribution >= 0.6 is 0 Å². The lowest BCUT2D eigenvalue weighted by atomic mass is 10.2. The molecule has 0 amide bonds. The van der Waals surface area contributed by atoms with Crippen LogP contribution in [0.2, 0.25) is 22.2 Å². The van der Waals surface area contributed by atoms with Gasteiger partial charge in [0.05, 0.1) is 17.9 Å². The maximum absolute atomic E-state index is 13.4. The number of sulfonamides is 1. The second kappa shape index (κ2) is 10.9. The van der Waals surface area contributed by atoms with Gasteiger partial charge in [-0.15, -0.1) is 11.0 Å². The fourth-order valence-corrected chi connectivity index (χ4v) is 15.0. The number of amidine groups is 1. The first-order valence-corrected chi connectivity index (χ1v) is 15.6. The first kappa shape index (κ1) is 27.2. The van der Waals surface area contributed by atoms with Gasteiger partial charge in [0.2, 0.25) is 0 Å². The van der Waals surface area contributed by atoms with Crippen LogP contribution in [0.15, 0.2) is 46.2 Å². The Hall–Kier alpha value is -2.00. The Morgan fingerprint density at radius 1 is 1.09 bits per heavy atom. The molecule has 1 aromatic carbocycles. The Bertz CT molecular complexity index is 944. The molecule has 1 fully saturated rings. The van der Waals surface area contributed by atoms with Crippen molar-refractivity contribution >= 4 is 29.6 Å².